The van der Waals surface area contributed by atoms with Crippen LogP contribution in [0, 0.1) is 0 Å². The summed E-state index contributed by atoms with van der Waals surface area (Å²) >= 11 is 0. The zero-order chi connectivity index (χ0) is 22.8. The highest BCUT2D eigenvalue weighted by atomic mass is 127. The number of hydrogen-bond acceptors (Lipinski definition) is 7. The molecule has 8 nitrogen and oxygen atoms in total. The number of halogens is 1. The minimum absolute atomic E-state index is 0. The number of carbonyl (C=O) groups is 1. The number of methoxy groups -OCH3 is 2. The van der Waals surface area contributed by atoms with E-state index in [1.165, 1.54) is 0 Å². The summed E-state index contributed by atoms with van der Waals surface area (Å²) in [5.74, 6) is 2.35. The van der Waals surface area contributed by atoms with Crippen molar-refractivity contribution < 1.29 is 19.0 Å². The van der Waals surface area contributed by atoms with Crippen molar-refractivity contribution >= 4 is 36.0 Å². The molecule has 32 heavy (non-hydrogen) atoms. The molecule has 0 aliphatic carbocycles. The zero-order valence-electron chi connectivity index (χ0n) is 20.2. The Hall–Kier alpha value is -1.91. The first kappa shape index (κ1) is 26.3. The molecule has 9 heteroatoms. The summed E-state index contributed by atoms with van der Waals surface area (Å²) in [6.07, 6.45) is -0.247. The van der Waals surface area contributed by atoms with Crippen LogP contribution >= 0.6 is 24.0 Å². The Morgan fingerprint density at radius 1 is 1.12 bits per heavy atom. The number of benzene rings is 1. The van der Waals surface area contributed by atoms with E-state index in [2.05, 4.69) is 30.1 Å². The molecule has 0 spiro atoms. The summed E-state index contributed by atoms with van der Waals surface area (Å²) in [5.41, 5.74) is 0.531. The Morgan fingerprint density at radius 3 is 2.44 bits per heavy atom. The van der Waals surface area contributed by atoms with E-state index in [4.69, 9.17) is 19.2 Å². The smallest absolute Gasteiger partial charge is 0.410 e. The predicted octanol–water partition coefficient (Wildman–Crippen LogP) is 3.48. The largest absolute Gasteiger partial charge is 0.493 e. The molecular formula is C23H37IN4O4. The van der Waals surface area contributed by atoms with Crippen molar-refractivity contribution in [3.8, 4) is 11.5 Å². The van der Waals surface area contributed by atoms with Gasteiger partial charge in [-0.3, -0.25) is 4.99 Å². The molecule has 180 valence electrons. The van der Waals surface area contributed by atoms with E-state index in [9.17, 15) is 4.79 Å². The first-order chi connectivity index (χ1) is 14.5. The van der Waals surface area contributed by atoms with Crippen LogP contribution in [-0.4, -0.2) is 80.4 Å². The maximum absolute atomic E-state index is 12.4. The minimum atomic E-state index is -0.483. The highest BCUT2D eigenvalue weighted by Crippen LogP contribution is 2.33. The molecular weight excluding hydrogens is 523 g/mol. The second kappa shape index (κ2) is 10.4. The molecule has 0 bridgehead atoms. The number of amides is 1. The molecule has 1 unspecified atom stereocenters. The average Bonchev–Trinajstić information content (AvgIpc) is 3.12. The number of nitrogens with zero attached hydrogens (tertiary/aromatic N) is 3. The maximum Gasteiger partial charge on any atom is 0.410 e. The number of piperazine rings is 1. The Bertz CT molecular complexity index is 838. The fraction of sp³-hybridized carbons (Fsp3) is 0.652. The zero-order valence-corrected chi connectivity index (χ0v) is 22.6. The molecule has 1 atom stereocenters. The third-order valence-electron chi connectivity index (χ3n) is 5.71. The summed E-state index contributed by atoms with van der Waals surface area (Å²) in [5, 5.41) is 3.54. The number of guanidine groups is 1. The lowest BCUT2D eigenvalue weighted by Gasteiger charge is -2.39. The molecule has 1 N–H and O–H groups in total. The van der Waals surface area contributed by atoms with Crippen LogP contribution in [0.25, 0.3) is 0 Å². The van der Waals surface area contributed by atoms with Crippen molar-refractivity contribution in [2.75, 3.05) is 46.9 Å². The van der Waals surface area contributed by atoms with Crippen molar-refractivity contribution in [3.05, 3.63) is 23.8 Å². The third-order valence-corrected chi connectivity index (χ3v) is 5.71. The average molecular weight is 560 g/mol. The molecule has 2 aliphatic heterocycles. The number of carbonyl (C=O) groups excluding carboxylic acids is 1. The molecule has 0 saturated carbocycles. The lowest BCUT2D eigenvalue weighted by atomic mass is 9.84. The standard InChI is InChI=1S/C23H36N4O4.HI/c1-22(2,3)31-21(28)26-10-11-27-17(14-26)13-24-20(27)25-15-23(4,5)16-8-9-18(29-6)19(12-16)30-7;/h8-9,12,17H,10-11,13-15H2,1-7H3,(H,24,25);1H. The van der Waals surface area contributed by atoms with E-state index in [0.717, 1.165) is 36.1 Å². The third kappa shape index (κ3) is 6.11. The van der Waals surface area contributed by atoms with Crippen LogP contribution in [-0.2, 0) is 10.2 Å². The first-order valence-electron chi connectivity index (χ1n) is 10.8. The second-order valence-electron chi connectivity index (χ2n) is 9.75. The monoisotopic (exact) mass is 560 g/mol. The van der Waals surface area contributed by atoms with Gasteiger partial charge in [-0.1, -0.05) is 19.9 Å². The predicted molar refractivity (Wildman–Crippen MR) is 137 cm³/mol. The van der Waals surface area contributed by atoms with Crippen LogP contribution < -0.4 is 14.8 Å². The van der Waals surface area contributed by atoms with Crippen molar-refractivity contribution in [2.45, 2.75) is 51.7 Å². The molecule has 1 fully saturated rings. The SMILES string of the molecule is COc1ccc(C(C)(C)CNC2=NCC3CN(C(=O)OC(C)(C)C)CCN23)cc1OC.I. The van der Waals surface area contributed by atoms with E-state index < -0.39 is 5.60 Å². The Morgan fingerprint density at radius 2 is 1.81 bits per heavy atom. The number of nitrogens with one attached hydrogen (secondary N) is 1. The first-order valence-corrected chi connectivity index (χ1v) is 10.8. The summed E-state index contributed by atoms with van der Waals surface area (Å²) in [6.45, 7) is 13.5. The van der Waals surface area contributed by atoms with Gasteiger partial charge in [-0.25, -0.2) is 4.79 Å². The van der Waals surface area contributed by atoms with Gasteiger partial charge in [0.2, 0.25) is 0 Å². The summed E-state index contributed by atoms with van der Waals surface area (Å²) in [6, 6.07) is 6.23. The summed E-state index contributed by atoms with van der Waals surface area (Å²) in [7, 11) is 3.29. The summed E-state index contributed by atoms with van der Waals surface area (Å²) < 4.78 is 16.3. The van der Waals surface area contributed by atoms with E-state index in [0.29, 0.717) is 19.6 Å². The highest BCUT2D eigenvalue weighted by molar-refractivity contribution is 14.0. The molecule has 1 saturated heterocycles. The fourth-order valence-corrected chi connectivity index (χ4v) is 3.88. The highest BCUT2D eigenvalue weighted by Gasteiger charge is 2.37. The molecule has 3 rings (SSSR count). The molecule has 1 aromatic rings. The van der Waals surface area contributed by atoms with Crippen LogP contribution in [0.1, 0.15) is 40.2 Å². The van der Waals surface area contributed by atoms with Crippen molar-refractivity contribution in [1.82, 2.24) is 15.1 Å². The molecule has 2 aliphatic rings. The topological polar surface area (TPSA) is 75.6 Å². The fourth-order valence-electron chi connectivity index (χ4n) is 3.88. The quantitative estimate of drug-likeness (QED) is 0.557. The number of fused-ring (bicyclic) bond motifs is 1. The van der Waals surface area contributed by atoms with E-state index in [-0.39, 0.29) is 41.5 Å². The molecule has 0 radical (unpaired) electrons. The minimum Gasteiger partial charge on any atom is -0.493 e. The van der Waals surface area contributed by atoms with Gasteiger partial charge >= 0.3 is 6.09 Å². The lowest BCUT2D eigenvalue weighted by Crippen LogP contribution is -2.58. The number of aliphatic imine (C=N–C) groups is 1. The van der Waals surface area contributed by atoms with Crippen LogP contribution in [0.4, 0.5) is 4.79 Å². The maximum atomic E-state index is 12.4. The van der Waals surface area contributed by atoms with Gasteiger partial charge in [0.15, 0.2) is 17.5 Å². The van der Waals surface area contributed by atoms with Gasteiger partial charge in [0, 0.05) is 31.6 Å². The van der Waals surface area contributed by atoms with Crippen LogP contribution in [0.15, 0.2) is 23.2 Å². The Labute approximate surface area is 208 Å². The van der Waals surface area contributed by atoms with E-state index in [1.54, 1.807) is 19.1 Å². The lowest BCUT2D eigenvalue weighted by molar-refractivity contribution is 0.0137. The van der Waals surface area contributed by atoms with Gasteiger partial charge < -0.3 is 29.3 Å². The van der Waals surface area contributed by atoms with Gasteiger partial charge in [0.1, 0.15) is 5.60 Å². The summed E-state index contributed by atoms with van der Waals surface area (Å²) in [4.78, 5) is 21.2. The van der Waals surface area contributed by atoms with Crippen molar-refractivity contribution in [2.24, 2.45) is 4.99 Å². The van der Waals surface area contributed by atoms with Crippen LogP contribution in [0.5, 0.6) is 11.5 Å². The van der Waals surface area contributed by atoms with Crippen LogP contribution in [0.3, 0.4) is 0 Å². The number of rotatable bonds is 5. The number of hydrogen-bond donors (Lipinski definition) is 1. The van der Waals surface area contributed by atoms with E-state index in [1.807, 2.05) is 32.9 Å². The normalized spacial score (nSPS) is 18.3. The van der Waals surface area contributed by atoms with Gasteiger partial charge in [0.25, 0.3) is 0 Å². The molecule has 2 heterocycles. The molecule has 0 aromatic heterocycles. The van der Waals surface area contributed by atoms with Gasteiger partial charge in [-0.15, -0.1) is 24.0 Å². The van der Waals surface area contributed by atoms with Gasteiger partial charge in [-0.2, -0.15) is 0 Å². The van der Waals surface area contributed by atoms with Crippen molar-refractivity contribution in [1.29, 1.82) is 0 Å². The van der Waals surface area contributed by atoms with Crippen LogP contribution in [0.2, 0.25) is 0 Å². The molecule has 1 aromatic carbocycles. The van der Waals surface area contributed by atoms with Crippen molar-refractivity contribution in [3.63, 3.8) is 0 Å². The van der Waals surface area contributed by atoms with Gasteiger partial charge in [-0.05, 0) is 38.5 Å². The van der Waals surface area contributed by atoms with Gasteiger partial charge in [0.05, 0.1) is 26.8 Å². The Balaban J connectivity index is 0.00000363. The molecule has 1 amide bonds. The van der Waals surface area contributed by atoms with E-state index >= 15 is 0 Å². The second-order valence-corrected chi connectivity index (χ2v) is 9.75. The number of ether oxygens (including phenoxy) is 3. The Kier molecular flexibility index (Phi) is 8.52.